The van der Waals surface area contributed by atoms with E-state index in [4.69, 9.17) is 9.73 Å². The van der Waals surface area contributed by atoms with Gasteiger partial charge in [0.25, 0.3) is 0 Å². The molecule has 0 bridgehead atoms. The Morgan fingerprint density at radius 2 is 2.07 bits per heavy atom. The maximum atomic E-state index is 13.9. The molecule has 3 heterocycles. The van der Waals surface area contributed by atoms with Crippen LogP contribution < -0.4 is 10.6 Å². The van der Waals surface area contributed by atoms with Gasteiger partial charge in [0.2, 0.25) is 5.91 Å². The molecule has 7 nitrogen and oxygen atoms in total. The molecule has 0 unspecified atom stereocenters. The lowest BCUT2D eigenvalue weighted by Gasteiger charge is -2.46. The number of nitrogens with one attached hydrogen (secondary N) is 2. The molecule has 2 aliphatic rings. The molecule has 1 aromatic heterocycles. The fourth-order valence-electron chi connectivity index (χ4n) is 4.01. The number of amidine groups is 1. The van der Waals surface area contributed by atoms with E-state index in [1.54, 1.807) is 31.5 Å². The predicted molar refractivity (Wildman–Crippen MR) is 114 cm³/mol. The van der Waals surface area contributed by atoms with Gasteiger partial charge < -0.3 is 20.3 Å². The van der Waals surface area contributed by atoms with E-state index >= 15 is 0 Å². The topological polar surface area (TPSA) is 78.8 Å². The van der Waals surface area contributed by atoms with E-state index in [-0.39, 0.29) is 18.1 Å². The highest BCUT2D eigenvalue weighted by molar-refractivity contribution is 6.08. The molecule has 4 rings (SSSR count). The van der Waals surface area contributed by atoms with E-state index in [0.717, 1.165) is 17.3 Å². The summed E-state index contributed by atoms with van der Waals surface area (Å²) in [6, 6.07) is 10.3. The number of hydrogen-bond donors (Lipinski definition) is 2. The number of methoxy groups -OCH3 is 1. The van der Waals surface area contributed by atoms with Crippen LogP contribution in [0.2, 0.25) is 0 Å². The Labute approximate surface area is 175 Å². The van der Waals surface area contributed by atoms with Crippen LogP contribution in [0.4, 0.5) is 15.9 Å². The average molecular weight is 411 g/mol. The molecule has 0 aliphatic carbocycles. The van der Waals surface area contributed by atoms with Crippen LogP contribution >= 0.6 is 0 Å². The Balaban J connectivity index is 1.48. The quantitative estimate of drug-likeness (QED) is 0.740. The summed E-state index contributed by atoms with van der Waals surface area (Å²) in [6.45, 7) is 2.21. The lowest BCUT2D eigenvalue weighted by molar-refractivity contribution is -0.131. The number of fused-ring (bicyclic) bond motifs is 1. The zero-order valence-corrected chi connectivity index (χ0v) is 17.0. The average Bonchev–Trinajstić information content (AvgIpc) is 2.76. The van der Waals surface area contributed by atoms with Gasteiger partial charge in [0.1, 0.15) is 11.7 Å². The molecule has 2 aliphatic heterocycles. The Hall–Kier alpha value is -3.00. The molecular formula is C22H26FN5O2. The third-order valence-corrected chi connectivity index (χ3v) is 5.71. The van der Waals surface area contributed by atoms with Crippen molar-refractivity contribution in [2.75, 3.05) is 44.0 Å². The summed E-state index contributed by atoms with van der Waals surface area (Å²) in [6.07, 6.45) is 3.21. The monoisotopic (exact) mass is 411 g/mol. The van der Waals surface area contributed by atoms with Crippen molar-refractivity contribution in [3.63, 3.8) is 0 Å². The first kappa shape index (κ1) is 20.3. The number of aromatic nitrogens is 1. The molecule has 158 valence electrons. The van der Waals surface area contributed by atoms with Gasteiger partial charge in [-0.05, 0) is 36.6 Å². The van der Waals surface area contributed by atoms with E-state index in [2.05, 4.69) is 15.6 Å². The molecule has 1 saturated heterocycles. The number of anilines is 2. The minimum Gasteiger partial charge on any atom is -0.383 e. The maximum Gasteiger partial charge on any atom is 0.227 e. The first-order valence-corrected chi connectivity index (χ1v) is 10.2. The molecular weight excluding hydrogens is 385 g/mol. The van der Waals surface area contributed by atoms with Gasteiger partial charge in [-0.2, -0.15) is 0 Å². The minimum atomic E-state index is -0.390. The summed E-state index contributed by atoms with van der Waals surface area (Å²) in [5, 5.41) is 6.99. The smallest absolute Gasteiger partial charge is 0.227 e. The first-order chi connectivity index (χ1) is 14.6. The Bertz CT molecular complexity index is 941. The number of hydrogen-bond acceptors (Lipinski definition) is 5. The Kier molecular flexibility index (Phi) is 5.94. The Morgan fingerprint density at radius 3 is 2.83 bits per heavy atom. The number of halogens is 1. The van der Waals surface area contributed by atoms with Crippen molar-refractivity contribution >= 4 is 23.2 Å². The molecule has 1 spiro atoms. The van der Waals surface area contributed by atoms with Crippen LogP contribution in [-0.2, 0) is 16.0 Å². The Morgan fingerprint density at radius 1 is 1.27 bits per heavy atom. The molecule has 1 fully saturated rings. The molecule has 8 heteroatoms. The lowest BCUT2D eigenvalue weighted by Crippen LogP contribution is -2.59. The number of pyridine rings is 1. The highest BCUT2D eigenvalue weighted by Crippen LogP contribution is 2.36. The fourth-order valence-corrected chi connectivity index (χ4v) is 4.01. The molecule has 0 atom stereocenters. The molecule has 2 N–H and O–H groups in total. The highest BCUT2D eigenvalue weighted by atomic mass is 19.1. The van der Waals surface area contributed by atoms with E-state index in [1.807, 2.05) is 17.0 Å². The summed E-state index contributed by atoms with van der Waals surface area (Å²) in [7, 11) is 1.65. The van der Waals surface area contributed by atoms with Crippen molar-refractivity contribution in [1.82, 2.24) is 9.88 Å². The van der Waals surface area contributed by atoms with Crippen molar-refractivity contribution in [1.29, 1.82) is 0 Å². The fraction of sp³-hybridized carbons (Fsp3) is 0.409. The van der Waals surface area contributed by atoms with Gasteiger partial charge >= 0.3 is 0 Å². The van der Waals surface area contributed by atoms with Crippen molar-refractivity contribution in [2.45, 2.75) is 24.8 Å². The molecule has 1 aromatic carbocycles. The van der Waals surface area contributed by atoms with E-state index in [0.29, 0.717) is 44.6 Å². The first-order valence-electron chi connectivity index (χ1n) is 10.2. The van der Waals surface area contributed by atoms with Crippen LogP contribution in [0.15, 0.2) is 47.6 Å². The molecule has 0 radical (unpaired) electrons. The number of likely N-dealkylation sites (tertiary alicyclic amines) is 1. The van der Waals surface area contributed by atoms with Gasteiger partial charge in [0, 0.05) is 26.4 Å². The molecule has 1 amide bonds. The SMILES string of the molecule is COCCN=C1Nc2ncccc2NC12CCN(C(=O)Cc1ccccc1F)CC2. The van der Waals surface area contributed by atoms with Crippen molar-refractivity contribution in [3.8, 4) is 0 Å². The van der Waals surface area contributed by atoms with Gasteiger partial charge in [0.05, 0.1) is 30.8 Å². The number of piperidine rings is 1. The number of carbonyl (C=O) groups is 1. The van der Waals surface area contributed by atoms with Gasteiger partial charge in [0.15, 0.2) is 5.82 Å². The molecule has 30 heavy (non-hydrogen) atoms. The van der Waals surface area contributed by atoms with Crippen LogP contribution in [-0.4, -0.2) is 60.5 Å². The van der Waals surface area contributed by atoms with Gasteiger partial charge in [-0.1, -0.05) is 18.2 Å². The van der Waals surface area contributed by atoms with Crippen LogP contribution in [0.3, 0.4) is 0 Å². The van der Waals surface area contributed by atoms with Crippen LogP contribution in [0.25, 0.3) is 0 Å². The summed E-state index contributed by atoms with van der Waals surface area (Å²) in [5.41, 5.74) is 0.967. The third kappa shape index (κ3) is 4.14. The van der Waals surface area contributed by atoms with Crippen LogP contribution in [0.1, 0.15) is 18.4 Å². The van der Waals surface area contributed by atoms with Crippen LogP contribution in [0.5, 0.6) is 0 Å². The minimum absolute atomic E-state index is 0.0568. The van der Waals surface area contributed by atoms with Crippen molar-refractivity contribution in [2.24, 2.45) is 4.99 Å². The summed E-state index contributed by atoms with van der Waals surface area (Å²) in [5.74, 6) is 1.18. The summed E-state index contributed by atoms with van der Waals surface area (Å²) >= 11 is 0. The van der Waals surface area contributed by atoms with Gasteiger partial charge in [-0.3, -0.25) is 9.79 Å². The molecule has 2 aromatic rings. The number of carbonyl (C=O) groups excluding carboxylic acids is 1. The zero-order chi connectivity index (χ0) is 21.0. The number of benzene rings is 1. The largest absolute Gasteiger partial charge is 0.383 e. The van der Waals surface area contributed by atoms with Crippen LogP contribution in [0, 0.1) is 5.82 Å². The zero-order valence-electron chi connectivity index (χ0n) is 17.0. The number of amides is 1. The van der Waals surface area contributed by atoms with Crippen molar-refractivity contribution in [3.05, 3.63) is 54.0 Å². The van der Waals surface area contributed by atoms with E-state index in [1.165, 1.54) is 6.07 Å². The number of rotatable bonds is 5. The van der Waals surface area contributed by atoms with Gasteiger partial charge in [-0.15, -0.1) is 0 Å². The van der Waals surface area contributed by atoms with E-state index in [9.17, 15) is 9.18 Å². The third-order valence-electron chi connectivity index (χ3n) is 5.71. The second kappa shape index (κ2) is 8.79. The van der Waals surface area contributed by atoms with Gasteiger partial charge in [-0.25, -0.2) is 9.37 Å². The number of ether oxygens (including phenoxy) is 1. The second-order valence-corrected chi connectivity index (χ2v) is 7.60. The highest BCUT2D eigenvalue weighted by Gasteiger charge is 2.43. The predicted octanol–water partition coefficient (Wildman–Crippen LogP) is 2.71. The number of nitrogens with zero attached hydrogens (tertiary/aromatic N) is 3. The van der Waals surface area contributed by atoms with E-state index < -0.39 is 5.54 Å². The molecule has 0 saturated carbocycles. The second-order valence-electron chi connectivity index (χ2n) is 7.60. The number of aliphatic imine (C=N–C) groups is 1. The normalized spacial score (nSPS) is 18.6. The maximum absolute atomic E-state index is 13.9. The standard InChI is InChI=1S/C22H26FN5O2/c1-30-14-11-25-21-22(27-18-7-4-10-24-20(18)26-21)8-12-28(13-9-22)19(29)15-16-5-2-3-6-17(16)23/h2-7,10,27H,8-9,11-15H2,1H3,(H,24,25,26). The lowest BCUT2D eigenvalue weighted by atomic mass is 9.84. The van der Waals surface area contributed by atoms with Crippen molar-refractivity contribution < 1.29 is 13.9 Å². The summed E-state index contributed by atoms with van der Waals surface area (Å²) < 4.78 is 19.1. The summed E-state index contributed by atoms with van der Waals surface area (Å²) in [4.78, 5) is 23.7.